The Kier molecular flexibility index (Phi) is 4.97. The molecule has 0 aliphatic carbocycles. The van der Waals surface area contributed by atoms with Crippen molar-refractivity contribution in [2.75, 3.05) is 0 Å². The fraction of sp³-hybridized carbons (Fsp3) is 0.400. The zero-order valence-electron chi connectivity index (χ0n) is 10.8. The number of aromatic hydroxyl groups is 1. The van der Waals surface area contributed by atoms with Gasteiger partial charge in [-0.1, -0.05) is 12.1 Å². The Bertz CT molecular complexity index is 717. The molecule has 0 aliphatic heterocycles. The molecule has 0 fully saturated rings. The highest BCUT2D eigenvalue weighted by molar-refractivity contribution is 8.09. The van der Waals surface area contributed by atoms with Crippen molar-refractivity contribution in [1.82, 2.24) is 0 Å². The maximum absolute atomic E-state index is 12.5. The molecule has 0 bridgehead atoms. The summed E-state index contributed by atoms with van der Waals surface area (Å²) in [5.41, 5.74) is -12.8. The second kappa shape index (κ2) is 5.85. The van der Waals surface area contributed by atoms with Crippen LogP contribution in [0.2, 0.25) is 0 Å². The molecule has 0 spiro atoms. The molecule has 0 aromatic heterocycles. The summed E-state index contributed by atoms with van der Waals surface area (Å²) in [4.78, 5) is 0. The van der Waals surface area contributed by atoms with Crippen LogP contribution in [0.5, 0.6) is 5.75 Å². The largest absolute Gasteiger partial charge is 0.508 e. The van der Waals surface area contributed by atoms with Crippen LogP contribution in [0.1, 0.15) is 5.56 Å². The van der Waals surface area contributed by atoms with Crippen LogP contribution in [0.25, 0.3) is 0 Å². The summed E-state index contributed by atoms with van der Waals surface area (Å²) in [6.45, 7) is 0. The summed E-state index contributed by atoms with van der Waals surface area (Å²) >= 11 is 0. The molecule has 0 saturated carbocycles. The lowest BCUT2D eigenvalue weighted by atomic mass is 10.2. The van der Waals surface area contributed by atoms with Gasteiger partial charge in [0, 0.05) is 6.42 Å². The SMILES string of the molecule is O=S(=O)(C(Cc1ccc(O)cc1)S(=O)(=O)C(F)(F)F)C(F)(F)F. The molecular weight excluding hydrogens is 378 g/mol. The topological polar surface area (TPSA) is 88.5 Å². The van der Waals surface area contributed by atoms with Crippen LogP contribution in [-0.4, -0.2) is 37.5 Å². The number of benzene rings is 1. The number of rotatable bonds is 4. The van der Waals surface area contributed by atoms with E-state index in [1.165, 1.54) is 0 Å². The quantitative estimate of drug-likeness (QED) is 0.801. The monoisotopic (exact) mass is 386 g/mol. The van der Waals surface area contributed by atoms with E-state index in [0.717, 1.165) is 24.3 Å². The normalized spacial score (nSPS) is 14.2. The van der Waals surface area contributed by atoms with Crippen LogP contribution < -0.4 is 0 Å². The van der Waals surface area contributed by atoms with Gasteiger partial charge in [0.2, 0.25) is 0 Å². The van der Waals surface area contributed by atoms with Crippen molar-refractivity contribution < 1.29 is 48.3 Å². The number of alkyl halides is 6. The maximum Gasteiger partial charge on any atom is 0.498 e. The summed E-state index contributed by atoms with van der Waals surface area (Å²) in [5.74, 6) is -0.400. The molecule has 1 rings (SSSR count). The lowest BCUT2D eigenvalue weighted by Crippen LogP contribution is -2.46. The molecule has 23 heavy (non-hydrogen) atoms. The average Bonchev–Trinajstić information content (AvgIpc) is 2.34. The van der Waals surface area contributed by atoms with Crippen molar-refractivity contribution in [3.05, 3.63) is 29.8 Å². The van der Waals surface area contributed by atoms with E-state index in [0.29, 0.717) is 0 Å². The number of hydrogen-bond acceptors (Lipinski definition) is 5. The van der Waals surface area contributed by atoms with E-state index in [4.69, 9.17) is 5.11 Å². The van der Waals surface area contributed by atoms with Crippen molar-refractivity contribution in [3.63, 3.8) is 0 Å². The third-order valence-corrected chi connectivity index (χ3v) is 7.20. The van der Waals surface area contributed by atoms with Gasteiger partial charge in [0.1, 0.15) is 5.75 Å². The second-order valence-electron chi connectivity index (χ2n) is 4.28. The molecule has 0 saturated heterocycles. The van der Waals surface area contributed by atoms with E-state index in [9.17, 15) is 43.2 Å². The van der Waals surface area contributed by atoms with E-state index in [2.05, 4.69) is 0 Å². The number of phenolic OH excluding ortho intramolecular Hbond substituents is 1. The predicted octanol–water partition coefficient (Wildman–Crippen LogP) is 2.13. The standard InChI is InChI=1S/C10H8F6O5S2/c11-9(12,13)22(18,19)8(23(20,21)10(14,15)16)5-6-1-3-7(17)4-2-6/h1-4,8,17H,5H2. The molecule has 132 valence electrons. The Labute approximate surface area is 126 Å². The van der Waals surface area contributed by atoms with Gasteiger partial charge in [0.25, 0.3) is 19.7 Å². The first-order chi connectivity index (χ1) is 10.1. The zero-order valence-corrected chi connectivity index (χ0v) is 12.4. The van der Waals surface area contributed by atoms with Gasteiger partial charge in [0.05, 0.1) is 0 Å². The van der Waals surface area contributed by atoms with Crippen molar-refractivity contribution in [2.45, 2.75) is 22.0 Å². The number of halogens is 6. The Morgan fingerprint density at radius 1 is 0.826 bits per heavy atom. The van der Waals surface area contributed by atoms with E-state index < -0.39 is 53.0 Å². The van der Waals surface area contributed by atoms with E-state index in [-0.39, 0.29) is 0 Å². The van der Waals surface area contributed by atoms with Crippen molar-refractivity contribution in [3.8, 4) is 5.75 Å². The summed E-state index contributed by atoms with van der Waals surface area (Å²) in [5, 5.41) is 8.97. The van der Waals surface area contributed by atoms with Gasteiger partial charge in [-0.05, 0) is 17.7 Å². The molecule has 0 amide bonds. The maximum atomic E-state index is 12.5. The second-order valence-corrected chi connectivity index (χ2v) is 8.82. The van der Waals surface area contributed by atoms with Crippen molar-refractivity contribution in [2.24, 2.45) is 0 Å². The first-order valence-electron chi connectivity index (χ1n) is 5.49. The highest BCUT2D eigenvalue weighted by Crippen LogP contribution is 2.37. The van der Waals surface area contributed by atoms with Crippen molar-refractivity contribution >= 4 is 19.7 Å². The van der Waals surface area contributed by atoms with Crippen LogP contribution in [0.15, 0.2) is 24.3 Å². The minimum atomic E-state index is -6.66. The van der Waals surface area contributed by atoms with Crippen LogP contribution >= 0.6 is 0 Å². The summed E-state index contributed by atoms with van der Waals surface area (Å²) < 4.78 is 116. The summed E-state index contributed by atoms with van der Waals surface area (Å²) in [7, 11) is -13.3. The van der Waals surface area contributed by atoms with Crippen LogP contribution in [0.3, 0.4) is 0 Å². The minimum Gasteiger partial charge on any atom is -0.508 e. The van der Waals surface area contributed by atoms with Gasteiger partial charge >= 0.3 is 11.0 Å². The molecule has 13 heteroatoms. The Hall–Kier alpha value is -1.50. The molecule has 1 aromatic carbocycles. The summed E-state index contributed by atoms with van der Waals surface area (Å²) in [6.07, 6.45) is -1.58. The van der Waals surface area contributed by atoms with Crippen LogP contribution in [0.4, 0.5) is 26.3 Å². The molecule has 5 nitrogen and oxygen atoms in total. The first kappa shape index (κ1) is 19.5. The van der Waals surface area contributed by atoms with E-state index in [1.807, 2.05) is 0 Å². The minimum absolute atomic E-state index is 0.400. The Balaban J connectivity index is 3.49. The molecular formula is C10H8F6O5S2. The van der Waals surface area contributed by atoms with Gasteiger partial charge in [-0.2, -0.15) is 26.3 Å². The smallest absolute Gasteiger partial charge is 0.498 e. The molecule has 0 unspecified atom stereocenters. The average molecular weight is 386 g/mol. The Morgan fingerprint density at radius 3 is 1.48 bits per heavy atom. The number of phenols is 1. The molecule has 0 heterocycles. The third kappa shape index (κ3) is 3.88. The highest BCUT2D eigenvalue weighted by Gasteiger charge is 2.62. The van der Waals surface area contributed by atoms with E-state index >= 15 is 0 Å². The molecule has 1 N–H and O–H groups in total. The fourth-order valence-electron chi connectivity index (χ4n) is 1.51. The number of sulfone groups is 2. The van der Waals surface area contributed by atoms with Gasteiger partial charge in [-0.25, -0.2) is 16.8 Å². The molecule has 1 aromatic rings. The van der Waals surface area contributed by atoms with E-state index in [1.54, 1.807) is 0 Å². The Morgan fingerprint density at radius 2 is 1.17 bits per heavy atom. The fourth-order valence-corrected chi connectivity index (χ4v) is 4.92. The summed E-state index contributed by atoms with van der Waals surface area (Å²) in [6, 6.07) is 3.32. The molecule has 0 aliphatic rings. The van der Waals surface area contributed by atoms with Gasteiger partial charge in [-0.3, -0.25) is 0 Å². The van der Waals surface area contributed by atoms with Crippen LogP contribution in [0, 0.1) is 0 Å². The molecule has 0 atom stereocenters. The lowest BCUT2D eigenvalue weighted by Gasteiger charge is -2.21. The number of hydrogen-bond donors (Lipinski definition) is 1. The lowest BCUT2D eigenvalue weighted by molar-refractivity contribution is -0.0471. The zero-order chi connectivity index (χ0) is 18.3. The van der Waals surface area contributed by atoms with Gasteiger partial charge in [0.15, 0.2) is 4.58 Å². The van der Waals surface area contributed by atoms with Gasteiger partial charge < -0.3 is 5.11 Å². The van der Waals surface area contributed by atoms with Gasteiger partial charge in [-0.15, -0.1) is 0 Å². The third-order valence-electron chi connectivity index (χ3n) is 2.68. The predicted molar refractivity (Wildman–Crippen MR) is 65.5 cm³/mol. The van der Waals surface area contributed by atoms with Crippen LogP contribution in [-0.2, 0) is 26.1 Å². The molecule has 0 radical (unpaired) electrons. The highest BCUT2D eigenvalue weighted by atomic mass is 32.3. The van der Waals surface area contributed by atoms with Crippen molar-refractivity contribution in [1.29, 1.82) is 0 Å². The first-order valence-corrected chi connectivity index (χ1v) is 8.58.